The van der Waals surface area contributed by atoms with Crippen LogP contribution in [0.15, 0.2) is 47.7 Å². The molecule has 2 aromatic heterocycles. The molecule has 0 atom stereocenters. The second-order valence-corrected chi connectivity index (χ2v) is 8.65. The molecule has 0 spiro atoms. The number of benzene rings is 1. The molecule has 162 valence electrons. The van der Waals surface area contributed by atoms with Crippen molar-refractivity contribution in [1.29, 1.82) is 0 Å². The molecule has 0 amide bonds. The summed E-state index contributed by atoms with van der Waals surface area (Å²) in [7, 11) is 1.78. The largest absolute Gasteiger partial charge is 0.474 e. The predicted molar refractivity (Wildman–Crippen MR) is 122 cm³/mol. The zero-order chi connectivity index (χ0) is 21.2. The van der Waals surface area contributed by atoms with Gasteiger partial charge in [-0.15, -0.1) is 0 Å². The number of nitrogens with zero attached hydrogens (tertiary/aromatic N) is 5. The van der Waals surface area contributed by atoms with E-state index in [0.29, 0.717) is 5.88 Å². The third-order valence-corrected chi connectivity index (χ3v) is 6.48. The molecule has 0 bridgehead atoms. The van der Waals surface area contributed by atoms with Gasteiger partial charge in [-0.1, -0.05) is 0 Å². The fourth-order valence-electron chi connectivity index (χ4n) is 4.59. The summed E-state index contributed by atoms with van der Waals surface area (Å²) in [6.45, 7) is 4.63. The molecule has 7 heteroatoms. The second-order valence-electron chi connectivity index (χ2n) is 8.65. The molecule has 1 aliphatic heterocycles. The van der Waals surface area contributed by atoms with Crippen molar-refractivity contribution in [3.05, 3.63) is 58.8 Å². The molecule has 5 rings (SSSR count). The number of fused-ring (bicyclic) bond motifs is 1. The highest BCUT2D eigenvalue weighted by Crippen LogP contribution is 2.30. The van der Waals surface area contributed by atoms with Crippen molar-refractivity contribution in [2.45, 2.75) is 38.3 Å². The summed E-state index contributed by atoms with van der Waals surface area (Å²) in [5, 5.41) is 0.995. The lowest BCUT2D eigenvalue weighted by atomic mass is 10.1. The number of hydrogen-bond donors (Lipinski definition) is 0. The van der Waals surface area contributed by atoms with E-state index >= 15 is 0 Å². The SMILES string of the molecule is Cn1ccc(CN2CCN(c3ccc4ncnc(OC5CCCC5)c4c3)CC2)cc1=O. The molecule has 1 aliphatic carbocycles. The van der Waals surface area contributed by atoms with Crippen LogP contribution in [0.5, 0.6) is 5.88 Å². The van der Waals surface area contributed by atoms with Crippen molar-refractivity contribution in [2.24, 2.45) is 7.05 Å². The van der Waals surface area contributed by atoms with Crippen LogP contribution in [0.3, 0.4) is 0 Å². The molecule has 1 saturated carbocycles. The van der Waals surface area contributed by atoms with Gasteiger partial charge in [0.05, 0.1) is 10.9 Å². The summed E-state index contributed by atoms with van der Waals surface area (Å²) in [6, 6.07) is 10.2. The molecule has 3 heterocycles. The molecule has 2 aliphatic rings. The average molecular weight is 420 g/mol. The van der Waals surface area contributed by atoms with E-state index in [1.807, 2.05) is 12.3 Å². The summed E-state index contributed by atoms with van der Waals surface area (Å²) >= 11 is 0. The van der Waals surface area contributed by atoms with Crippen molar-refractivity contribution in [1.82, 2.24) is 19.4 Å². The molecule has 2 fully saturated rings. The first-order chi connectivity index (χ1) is 15.2. The van der Waals surface area contributed by atoms with Crippen LogP contribution in [0.1, 0.15) is 31.2 Å². The number of pyridine rings is 1. The fourth-order valence-corrected chi connectivity index (χ4v) is 4.59. The molecule has 1 aromatic carbocycles. The lowest BCUT2D eigenvalue weighted by molar-refractivity contribution is 0.204. The Morgan fingerprint density at radius 1 is 1.03 bits per heavy atom. The lowest BCUT2D eigenvalue weighted by Crippen LogP contribution is -2.46. The van der Waals surface area contributed by atoms with E-state index < -0.39 is 0 Å². The van der Waals surface area contributed by atoms with Crippen LogP contribution in [-0.2, 0) is 13.6 Å². The number of anilines is 1. The fraction of sp³-hybridized carbons (Fsp3) is 0.458. The Kier molecular flexibility index (Phi) is 5.59. The molecule has 0 radical (unpaired) electrons. The Hall–Kier alpha value is -2.93. The van der Waals surface area contributed by atoms with E-state index in [1.54, 1.807) is 24.0 Å². The minimum absolute atomic E-state index is 0.0464. The van der Waals surface area contributed by atoms with Gasteiger partial charge in [0.2, 0.25) is 5.88 Å². The van der Waals surface area contributed by atoms with Crippen LogP contribution in [0, 0.1) is 0 Å². The number of aromatic nitrogens is 3. The van der Waals surface area contributed by atoms with Crippen molar-refractivity contribution in [2.75, 3.05) is 31.1 Å². The number of ether oxygens (including phenoxy) is 1. The van der Waals surface area contributed by atoms with Crippen molar-refractivity contribution >= 4 is 16.6 Å². The van der Waals surface area contributed by atoms with Crippen molar-refractivity contribution < 1.29 is 4.74 Å². The Morgan fingerprint density at radius 2 is 1.84 bits per heavy atom. The molecule has 0 N–H and O–H groups in total. The number of piperazine rings is 1. The van der Waals surface area contributed by atoms with Crippen LogP contribution in [0.4, 0.5) is 5.69 Å². The lowest BCUT2D eigenvalue weighted by Gasteiger charge is -2.36. The molecule has 0 unspecified atom stereocenters. The van der Waals surface area contributed by atoms with Gasteiger partial charge >= 0.3 is 0 Å². The van der Waals surface area contributed by atoms with Gasteiger partial charge in [0.1, 0.15) is 12.4 Å². The highest BCUT2D eigenvalue weighted by molar-refractivity contribution is 5.86. The maximum absolute atomic E-state index is 11.9. The minimum Gasteiger partial charge on any atom is -0.474 e. The molecule has 1 saturated heterocycles. The first-order valence-electron chi connectivity index (χ1n) is 11.2. The summed E-state index contributed by atoms with van der Waals surface area (Å²) in [5.74, 6) is 0.711. The molecular weight excluding hydrogens is 390 g/mol. The highest BCUT2D eigenvalue weighted by atomic mass is 16.5. The second kappa shape index (κ2) is 8.67. The zero-order valence-electron chi connectivity index (χ0n) is 18.0. The van der Waals surface area contributed by atoms with Crippen molar-refractivity contribution in [3.63, 3.8) is 0 Å². The summed E-state index contributed by atoms with van der Waals surface area (Å²) in [4.78, 5) is 25.6. The summed E-state index contributed by atoms with van der Waals surface area (Å²) in [6.07, 6.45) is 8.42. The third kappa shape index (κ3) is 4.42. The quantitative estimate of drug-likeness (QED) is 0.634. The monoisotopic (exact) mass is 419 g/mol. The zero-order valence-corrected chi connectivity index (χ0v) is 18.0. The van der Waals surface area contributed by atoms with Crippen LogP contribution in [-0.4, -0.2) is 51.7 Å². The molecule has 31 heavy (non-hydrogen) atoms. The first kappa shape index (κ1) is 20.0. The van der Waals surface area contributed by atoms with E-state index in [1.165, 1.54) is 18.5 Å². The Balaban J connectivity index is 1.27. The van der Waals surface area contributed by atoms with E-state index in [2.05, 4.69) is 38.0 Å². The van der Waals surface area contributed by atoms with Gasteiger partial charge in [0.15, 0.2) is 0 Å². The number of rotatable bonds is 5. The van der Waals surface area contributed by atoms with Gasteiger partial charge in [0, 0.05) is 57.7 Å². The number of aryl methyl sites for hydroxylation is 1. The highest BCUT2D eigenvalue weighted by Gasteiger charge is 2.21. The predicted octanol–water partition coefficient (Wildman–Crippen LogP) is 2.97. The Morgan fingerprint density at radius 3 is 2.61 bits per heavy atom. The summed E-state index contributed by atoms with van der Waals surface area (Å²) in [5.41, 5.74) is 3.24. The van der Waals surface area contributed by atoms with Crippen LogP contribution in [0.25, 0.3) is 10.9 Å². The van der Waals surface area contributed by atoms with Crippen LogP contribution >= 0.6 is 0 Å². The minimum atomic E-state index is 0.0464. The average Bonchev–Trinajstić information content (AvgIpc) is 3.30. The van der Waals surface area contributed by atoms with Gasteiger partial charge in [-0.25, -0.2) is 9.97 Å². The third-order valence-electron chi connectivity index (χ3n) is 6.48. The van der Waals surface area contributed by atoms with Gasteiger partial charge in [0.25, 0.3) is 5.56 Å². The van der Waals surface area contributed by atoms with Crippen LogP contribution in [0.2, 0.25) is 0 Å². The van der Waals surface area contributed by atoms with Gasteiger partial charge in [-0.2, -0.15) is 0 Å². The van der Waals surface area contributed by atoms with E-state index in [4.69, 9.17) is 4.74 Å². The maximum Gasteiger partial charge on any atom is 0.250 e. The summed E-state index contributed by atoms with van der Waals surface area (Å²) < 4.78 is 7.83. The molecule has 3 aromatic rings. The maximum atomic E-state index is 11.9. The first-order valence-corrected chi connectivity index (χ1v) is 11.2. The Bertz CT molecular complexity index is 1110. The van der Waals surface area contributed by atoms with Crippen LogP contribution < -0.4 is 15.2 Å². The van der Waals surface area contributed by atoms with E-state index in [9.17, 15) is 4.79 Å². The normalized spacial score (nSPS) is 18.0. The smallest absolute Gasteiger partial charge is 0.250 e. The topological polar surface area (TPSA) is 63.5 Å². The number of hydrogen-bond acceptors (Lipinski definition) is 6. The van der Waals surface area contributed by atoms with Gasteiger partial charge in [-0.05, 0) is 55.5 Å². The van der Waals surface area contributed by atoms with Gasteiger partial charge in [-0.3, -0.25) is 9.69 Å². The van der Waals surface area contributed by atoms with Gasteiger partial charge < -0.3 is 14.2 Å². The molecule has 7 nitrogen and oxygen atoms in total. The standard InChI is InChI=1S/C24H29N5O2/c1-27-9-8-18(14-23(27)30)16-28-10-12-29(13-11-28)19-6-7-22-21(15-19)24(26-17-25-22)31-20-4-2-3-5-20/h6-9,14-15,17,20H,2-5,10-13,16H2,1H3. The molecular formula is C24H29N5O2. The van der Waals surface area contributed by atoms with E-state index in [-0.39, 0.29) is 11.7 Å². The Labute approximate surface area is 182 Å². The van der Waals surface area contributed by atoms with Crippen molar-refractivity contribution in [3.8, 4) is 5.88 Å². The van der Waals surface area contributed by atoms with E-state index in [0.717, 1.165) is 62.0 Å².